The first-order chi connectivity index (χ1) is 13.5. The van der Waals surface area contributed by atoms with E-state index in [1.54, 1.807) is 20.8 Å². The average molecular weight is 415 g/mol. The summed E-state index contributed by atoms with van der Waals surface area (Å²) in [5, 5.41) is 14.5. The Bertz CT molecular complexity index is 576. The van der Waals surface area contributed by atoms with E-state index in [2.05, 4.69) is 16.0 Å². The topological polar surface area (TPSA) is 189 Å². The molecule has 0 saturated carbocycles. The lowest BCUT2D eigenvalue weighted by Gasteiger charge is -2.23. The molecule has 0 fully saturated rings. The zero-order valence-corrected chi connectivity index (χ0v) is 17.4. The highest BCUT2D eigenvalue weighted by atomic mass is 16.6. The first kappa shape index (κ1) is 26.3. The zero-order chi connectivity index (χ0) is 22.4. The molecule has 0 spiro atoms. The van der Waals surface area contributed by atoms with Gasteiger partial charge in [0.2, 0.25) is 11.8 Å². The maximum absolute atomic E-state index is 12.3. The number of hydrogen-bond acceptors (Lipinski definition) is 7. The Balaban J connectivity index is 4.59. The van der Waals surface area contributed by atoms with Crippen molar-refractivity contribution in [3.8, 4) is 0 Å². The van der Waals surface area contributed by atoms with Gasteiger partial charge in [-0.25, -0.2) is 4.79 Å². The molecular formula is C18H34N6O5. The minimum Gasteiger partial charge on any atom is -0.444 e. The first-order valence-electron chi connectivity index (χ1n) is 9.53. The second-order valence-corrected chi connectivity index (χ2v) is 7.58. The van der Waals surface area contributed by atoms with Crippen LogP contribution >= 0.6 is 0 Å². The fourth-order valence-corrected chi connectivity index (χ4v) is 2.28. The summed E-state index contributed by atoms with van der Waals surface area (Å²) in [6.07, 6.45) is 1.76. The van der Waals surface area contributed by atoms with Gasteiger partial charge in [0.1, 0.15) is 17.9 Å². The van der Waals surface area contributed by atoms with Gasteiger partial charge >= 0.3 is 6.09 Å². The largest absolute Gasteiger partial charge is 0.444 e. The van der Waals surface area contributed by atoms with Gasteiger partial charge in [0, 0.05) is 6.42 Å². The van der Waals surface area contributed by atoms with E-state index in [9.17, 15) is 19.2 Å². The molecule has 0 saturated heterocycles. The number of amidine groups is 1. The van der Waals surface area contributed by atoms with Crippen molar-refractivity contribution in [2.24, 2.45) is 11.5 Å². The van der Waals surface area contributed by atoms with Crippen LogP contribution in [0.4, 0.5) is 4.79 Å². The number of ether oxygens (including phenoxy) is 1. The van der Waals surface area contributed by atoms with E-state index in [1.165, 1.54) is 0 Å². The molecule has 0 aliphatic heterocycles. The molecule has 0 heterocycles. The molecule has 0 radical (unpaired) electrons. The maximum Gasteiger partial charge on any atom is 0.408 e. The van der Waals surface area contributed by atoms with Crippen molar-refractivity contribution in [3.63, 3.8) is 0 Å². The molecule has 0 rings (SSSR count). The van der Waals surface area contributed by atoms with Crippen molar-refractivity contribution in [1.29, 1.82) is 5.41 Å². The molecule has 0 aliphatic rings. The summed E-state index contributed by atoms with van der Waals surface area (Å²) in [7, 11) is 0. The van der Waals surface area contributed by atoms with Crippen molar-refractivity contribution in [1.82, 2.24) is 16.0 Å². The number of alkyl carbamates (subject to hydrolysis) is 1. The SMILES string of the molecule is CC(C)(C)OC(=O)N[C@H](CCCN)C(=O)NCC(=O)N[C@H](C=O)CCCC(=N)N. The summed E-state index contributed by atoms with van der Waals surface area (Å²) in [5.74, 6) is -1.10. The van der Waals surface area contributed by atoms with Gasteiger partial charge in [-0.15, -0.1) is 0 Å². The van der Waals surface area contributed by atoms with Gasteiger partial charge in [0.05, 0.1) is 18.4 Å². The number of carbonyl (C=O) groups excluding carboxylic acids is 4. The van der Waals surface area contributed by atoms with Crippen LogP contribution in [0, 0.1) is 5.41 Å². The fraction of sp³-hybridized carbons (Fsp3) is 0.722. The molecule has 0 bridgehead atoms. The lowest BCUT2D eigenvalue weighted by atomic mass is 10.1. The zero-order valence-electron chi connectivity index (χ0n) is 17.4. The predicted octanol–water partition coefficient (Wildman–Crippen LogP) is -0.475. The van der Waals surface area contributed by atoms with E-state index >= 15 is 0 Å². The van der Waals surface area contributed by atoms with Crippen molar-refractivity contribution in [2.45, 2.75) is 70.6 Å². The van der Waals surface area contributed by atoms with Crippen LogP contribution in [-0.4, -0.2) is 60.8 Å². The second-order valence-electron chi connectivity index (χ2n) is 7.58. The summed E-state index contributed by atoms with van der Waals surface area (Å²) < 4.78 is 5.14. The molecule has 0 aromatic heterocycles. The van der Waals surface area contributed by atoms with Crippen LogP contribution in [0.1, 0.15) is 52.9 Å². The Labute approximate surface area is 171 Å². The number of hydrogen-bond donors (Lipinski definition) is 6. The van der Waals surface area contributed by atoms with Crippen molar-refractivity contribution >= 4 is 30.0 Å². The van der Waals surface area contributed by atoms with Gasteiger partial charge in [-0.2, -0.15) is 0 Å². The fourth-order valence-electron chi connectivity index (χ4n) is 2.28. The lowest BCUT2D eigenvalue weighted by molar-refractivity contribution is -0.128. The lowest BCUT2D eigenvalue weighted by Crippen LogP contribution is -2.51. The Morgan fingerprint density at radius 2 is 1.79 bits per heavy atom. The Hall–Kier alpha value is -2.69. The van der Waals surface area contributed by atoms with Gasteiger partial charge in [-0.05, 0) is 53.0 Å². The molecule has 0 aromatic rings. The highest BCUT2D eigenvalue weighted by Gasteiger charge is 2.24. The van der Waals surface area contributed by atoms with Gasteiger partial charge in [-0.3, -0.25) is 15.0 Å². The number of rotatable bonds is 13. The summed E-state index contributed by atoms with van der Waals surface area (Å²) in [6.45, 7) is 5.08. The van der Waals surface area contributed by atoms with Gasteiger partial charge in [0.15, 0.2) is 0 Å². The van der Waals surface area contributed by atoms with Gasteiger partial charge < -0.3 is 36.9 Å². The van der Waals surface area contributed by atoms with Gasteiger partial charge in [0.25, 0.3) is 0 Å². The summed E-state index contributed by atoms with van der Waals surface area (Å²) in [5.41, 5.74) is 10.00. The smallest absolute Gasteiger partial charge is 0.408 e. The molecule has 8 N–H and O–H groups in total. The number of aldehydes is 1. The minimum absolute atomic E-state index is 0.00856. The van der Waals surface area contributed by atoms with Crippen molar-refractivity contribution < 1.29 is 23.9 Å². The van der Waals surface area contributed by atoms with Crippen LogP contribution in [-0.2, 0) is 19.1 Å². The number of nitrogens with two attached hydrogens (primary N) is 2. The number of amides is 3. The van der Waals surface area contributed by atoms with Crippen LogP contribution in [0.5, 0.6) is 0 Å². The third kappa shape index (κ3) is 14.0. The quantitative estimate of drug-likeness (QED) is 0.133. The number of nitrogens with one attached hydrogen (secondary N) is 4. The normalized spacial score (nSPS) is 13.0. The summed E-state index contributed by atoms with van der Waals surface area (Å²) >= 11 is 0. The van der Waals surface area contributed by atoms with Crippen molar-refractivity contribution in [2.75, 3.05) is 13.1 Å². The molecule has 29 heavy (non-hydrogen) atoms. The Morgan fingerprint density at radius 1 is 1.14 bits per heavy atom. The first-order valence-corrected chi connectivity index (χ1v) is 9.53. The van der Waals surface area contributed by atoms with Crippen LogP contribution in [0.15, 0.2) is 0 Å². The summed E-state index contributed by atoms with van der Waals surface area (Å²) in [4.78, 5) is 47.3. The molecular weight excluding hydrogens is 380 g/mol. The Kier molecular flexibility index (Phi) is 12.2. The van der Waals surface area contributed by atoms with E-state index in [0.29, 0.717) is 38.5 Å². The van der Waals surface area contributed by atoms with E-state index in [0.717, 1.165) is 0 Å². The minimum atomic E-state index is -0.904. The van der Waals surface area contributed by atoms with E-state index in [4.69, 9.17) is 21.6 Å². The predicted molar refractivity (Wildman–Crippen MR) is 108 cm³/mol. The molecule has 2 atom stereocenters. The maximum atomic E-state index is 12.3. The molecule has 0 aliphatic carbocycles. The third-order valence-corrected chi connectivity index (χ3v) is 3.60. The van der Waals surface area contributed by atoms with Crippen LogP contribution < -0.4 is 27.4 Å². The summed E-state index contributed by atoms with van der Waals surface area (Å²) in [6, 6.07) is -1.63. The number of carbonyl (C=O) groups is 4. The van der Waals surface area contributed by atoms with Crippen LogP contribution in [0.25, 0.3) is 0 Å². The standard InChI is InChI=1S/C18H34N6O5/c1-18(2,3)29-17(28)24-13(7-5-9-19)16(27)22-10-15(26)23-12(11-25)6-4-8-14(20)21/h11-13H,4-10,19H2,1-3H3,(H3,20,21)(H,22,27)(H,23,26)(H,24,28)/t12-,13+/m0/s1. The molecule has 0 unspecified atom stereocenters. The van der Waals surface area contributed by atoms with Crippen molar-refractivity contribution in [3.05, 3.63) is 0 Å². The molecule has 3 amide bonds. The highest BCUT2D eigenvalue weighted by Crippen LogP contribution is 2.07. The monoisotopic (exact) mass is 414 g/mol. The van der Waals surface area contributed by atoms with Crippen LogP contribution in [0.3, 0.4) is 0 Å². The molecule has 11 nitrogen and oxygen atoms in total. The van der Waals surface area contributed by atoms with E-state index in [-0.39, 0.29) is 18.8 Å². The second kappa shape index (κ2) is 13.5. The molecule has 0 aromatic carbocycles. The molecule has 11 heteroatoms. The molecule has 166 valence electrons. The average Bonchev–Trinajstić information content (AvgIpc) is 2.60. The highest BCUT2D eigenvalue weighted by molar-refractivity contribution is 5.90. The van der Waals surface area contributed by atoms with E-state index < -0.39 is 35.6 Å². The Morgan fingerprint density at radius 3 is 2.31 bits per heavy atom. The third-order valence-electron chi connectivity index (χ3n) is 3.60. The van der Waals surface area contributed by atoms with Crippen LogP contribution in [0.2, 0.25) is 0 Å². The van der Waals surface area contributed by atoms with E-state index in [1.807, 2.05) is 0 Å². The van der Waals surface area contributed by atoms with Gasteiger partial charge in [-0.1, -0.05) is 0 Å².